The maximum Gasteiger partial charge on any atom is 0.186 e. The number of phenolic OH excluding ortho intramolecular Hbond substituents is 1. The van der Waals surface area contributed by atoms with Crippen LogP contribution in [0.5, 0.6) is 23.0 Å². The highest BCUT2D eigenvalue weighted by molar-refractivity contribution is 5.59. The van der Waals surface area contributed by atoms with Gasteiger partial charge in [0.1, 0.15) is 18.1 Å². The molecule has 1 saturated heterocycles. The Kier molecular flexibility index (Phi) is 8.77. The van der Waals surface area contributed by atoms with E-state index in [1.165, 1.54) is 5.56 Å². The summed E-state index contributed by atoms with van der Waals surface area (Å²) >= 11 is 0. The molecule has 39 heavy (non-hydrogen) atoms. The molecular formula is C31H41N3O5. The van der Waals surface area contributed by atoms with Gasteiger partial charge in [-0.05, 0) is 62.9 Å². The minimum absolute atomic E-state index is 0.0128. The number of hydrogen-bond donors (Lipinski definition) is 3. The maximum absolute atomic E-state index is 11.4. The third-order valence-corrected chi connectivity index (χ3v) is 8.53. The highest BCUT2D eigenvalue weighted by Crippen LogP contribution is 2.53. The normalized spacial score (nSPS) is 23.7. The second-order valence-corrected chi connectivity index (χ2v) is 10.5. The van der Waals surface area contributed by atoms with Gasteiger partial charge in [0, 0.05) is 41.9 Å². The van der Waals surface area contributed by atoms with E-state index in [0.29, 0.717) is 24.7 Å². The van der Waals surface area contributed by atoms with Crippen LogP contribution in [-0.2, 0) is 12.8 Å². The van der Waals surface area contributed by atoms with Crippen molar-refractivity contribution in [3.05, 3.63) is 58.2 Å². The maximum atomic E-state index is 11.4. The molecule has 4 N–H and O–H groups in total. The molecule has 2 aromatic carbocycles. The number of aliphatic hydroxyl groups is 1. The predicted octanol–water partition coefficient (Wildman–Crippen LogP) is 3.39. The first kappa shape index (κ1) is 28.8. The Morgan fingerprint density at radius 2 is 1.87 bits per heavy atom. The molecule has 0 aliphatic carbocycles. The van der Waals surface area contributed by atoms with Gasteiger partial charge in [0.15, 0.2) is 18.3 Å². The number of benzene rings is 2. The van der Waals surface area contributed by atoms with Crippen LogP contribution in [0.15, 0.2) is 24.8 Å². The minimum Gasteiger partial charge on any atom is -0.504 e. The van der Waals surface area contributed by atoms with Crippen LogP contribution in [0.2, 0.25) is 0 Å². The molecule has 5 rings (SSSR count). The van der Waals surface area contributed by atoms with Gasteiger partial charge in [0.05, 0.1) is 19.2 Å². The van der Waals surface area contributed by atoms with Crippen molar-refractivity contribution in [1.29, 1.82) is 0 Å². The van der Waals surface area contributed by atoms with Crippen molar-refractivity contribution in [1.82, 2.24) is 9.80 Å². The predicted molar refractivity (Wildman–Crippen MR) is 152 cm³/mol. The molecule has 2 aromatic rings. The number of aromatic hydroxyl groups is 1. The number of hydrogen-bond acceptors (Lipinski definition) is 8. The summed E-state index contributed by atoms with van der Waals surface area (Å²) in [6.45, 7) is 9.05. The number of likely N-dealkylation sites (N-methyl/N-ethyl adjacent to an activating group) is 1. The zero-order chi connectivity index (χ0) is 28.4. The van der Waals surface area contributed by atoms with Crippen LogP contribution in [0, 0.1) is 26.7 Å². The van der Waals surface area contributed by atoms with Gasteiger partial charge in [0.2, 0.25) is 0 Å². The molecule has 8 heteroatoms. The van der Waals surface area contributed by atoms with E-state index in [2.05, 4.69) is 42.3 Å². The second-order valence-electron chi connectivity index (χ2n) is 10.5. The summed E-state index contributed by atoms with van der Waals surface area (Å²) in [5.74, 6) is 2.29. The summed E-state index contributed by atoms with van der Waals surface area (Å²) in [5, 5.41) is 21.1. The fourth-order valence-corrected chi connectivity index (χ4v) is 7.06. The highest BCUT2D eigenvalue weighted by atomic mass is 16.6. The lowest BCUT2D eigenvalue weighted by molar-refractivity contribution is -0.0405. The number of fused-ring (bicyclic) bond motifs is 7. The van der Waals surface area contributed by atoms with Crippen LogP contribution in [0.1, 0.15) is 51.9 Å². The van der Waals surface area contributed by atoms with Gasteiger partial charge in [-0.15, -0.1) is 12.8 Å². The zero-order valence-electron chi connectivity index (χ0n) is 23.4. The van der Waals surface area contributed by atoms with Crippen molar-refractivity contribution in [2.24, 2.45) is 5.73 Å². The molecule has 3 unspecified atom stereocenters. The molecule has 8 nitrogen and oxygen atoms in total. The lowest BCUT2D eigenvalue weighted by Gasteiger charge is -2.55. The van der Waals surface area contributed by atoms with Crippen molar-refractivity contribution >= 4 is 0 Å². The van der Waals surface area contributed by atoms with Crippen LogP contribution < -0.4 is 19.9 Å². The summed E-state index contributed by atoms with van der Waals surface area (Å²) in [4.78, 5) is 4.93. The molecule has 4 atom stereocenters. The Bertz CT molecular complexity index is 1240. The summed E-state index contributed by atoms with van der Waals surface area (Å²) < 4.78 is 17.6. The number of aliphatic hydroxyl groups excluding tert-OH is 1. The molecule has 3 aliphatic heterocycles. The fourth-order valence-electron chi connectivity index (χ4n) is 7.06. The number of terminal acetylenes is 1. The molecule has 3 heterocycles. The van der Waals surface area contributed by atoms with E-state index in [0.717, 1.165) is 59.4 Å². The van der Waals surface area contributed by atoms with Gasteiger partial charge in [-0.2, -0.15) is 0 Å². The number of piperazine rings is 1. The summed E-state index contributed by atoms with van der Waals surface area (Å²) in [6.07, 6.45) is 12.2. The molecule has 0 aromatic heterocycles. The van der Waals surface area contributed by atoms with Crippen LogP contribution in [-0.4, -0.2) is 72.7 Å². The number of nitrogens with zero attached hydrogens (tertiary/aromatic N) is 2. The summed E-state index contributed by atoms with van der Waals surface area (Å²) in [5.41, 5.74) is 12.7. The molecule has 2 bridgehead atoms. The van der Waals surface area contributed by atoms with E-state index in [4.69, 9.17) is 19.9 Å². The second kappa shape index (κ2) is 11.9. The van der Waals surface area contributed by atoms with E-state index < -0.39 is 6.79 Å². The number of ether oxygens (including phenoxy) is 3. The van der Waals surface area contributed by atoms with Gasteiger partial charge < -0.3 is 30.2 Å². The van der Waals surface area contributed by atoms with E-state index in [1.54, 1.807) is 13.2 Å². The Morgan fingerprint density at radius 1 is 1.15 bits per heavy atom. The monoisotopic (exact) mass is 535 g/mol. The third-order valence-electron chi connectivity index (χ3n) is 8.53. The van der Waals surface area contributed by atoms with E-state index in [9.17, 15) is 10.2 Å². The van der Waals surface area contributed by atoms with Gasteiger partial charge in [0.25, 0.3) is 0 Å². The summed E-state index contributed by atoms with van der Waals surface area (Å²) in [6, 6.07) is 4.38. The molecular weight excluding hydrogens is 494 g/mol. The van der Waals surface area contributed by atoms with Gasteiger partial charge in [-0.25, -0.2) is 0 Å². The lowest BCUT2D eigenvalue weighted by Crippen LogP contribution is -2.62. The quantitative estimate of drug-likeness (QED) is 0.282. The minimum atomic E-state index is -0.409. The highest BCUT2D eigenvalue weighted by Gasteiger charge is 2.50. The number of aryl methyl sites for hydroxylation is 2. The lowest BCUT2D eigenvalue weighted by atomic mass is 9.78. The number of methoxy groups -OCH3 is 1. The van der Waals surface area contributed by atoms with Crippen molar-refractivity contribution in [3.8, 4) is 35.8 Å². The first-order chi connectivity index (χ1) is 18.9. The average molecular weight is 536 g/mol. The SMILES string of the molecule is C#C.C=CCOc1c(C)cc(OCO)c2c1CCC1C3c4c(cc(C)c(OC)c4O)C[C@@H](CN1C2CN)N3C. The number of rotatable bonds is 7. The standard InChI is InChI=1S/C29H39N3O5.C2H2/c1-6-9-36-28-17(3)11-23(37-15-33)25-20(28)7-8-21-26-24-18(10-16(2)29(35-5)27(24)34)12-19(31(26)4)14-32(21)22(25)13-30;1-2/h6,10-11,19,21-22,26,33-34H,1,7-9,12-15,30H2,2-5H3;1-2H/t19-,21?,22?,26?;/m0./s1. The van der Waals surface area contributed by atoms with E-state index in [1.807, 2.05) is 19.9 Å². The van der Waals surface area contributed by atoms with Crippen LogP contribution in [0.3, 0.4) is 0 Å². The van der Waals surface area contributed by atoms with Crippen molar-refractivity contribution < 1.29 is 24.4 Å². The molecule has 210 valence electrons. The van der Waals surface area contributed by atoms with Gasteiger partial charge >= 0.3 is 0 Å². The van der Waals surface area contributed by atoms with Crippen molar-refractivity contribution in [3.63, 3.8) is 0 Å². The average Bonchev–Trinajstić information content (AvgIpc) is 3.07. The molecule has 0 radical (unpaired) electrons. The van der Waals surface area contributed by atoms with Gasteiger partial charge in [-0.1, -0.05) is 18.7 Å². The zero-order valence-corrected chi connectivity index (χ0v) is 23.4. The molecule has 3 aliphatic rings. The largest absolute Gasteiger partial charge is 0.504 e. The van der Waals surface area contributed by atoms with E-state index in [-0.39, 0.29) is 29.9 Å². The van der Waals surface area contributed by atoms with Crippen LogP contribution in [0.25, 0.3) is 0 Å². The Balaban J connectivity index is 0.00000172. The number of phenols is 1. The Hall–Kier alpha value is -3.22. The molecule has 0 amide bonds. The molecule has 1 fully saturated rings. The Labute approximate surface area is 232 Å². The first-order valence-corrected chi connectivity index (χ1v) is 13.4. The summed E-state index contributed by atoms with van der Waals surface area (Å²) in [7, 11) is 3.78. The Morgan fingerprint density at radius 3 is 2.51 bits per heavy atom. The van der Waals surface area contributed by atoms with E-state index >= 15 is 0 Å². The van der Waals surface area contributed by atoms with Crippen molar-refractivity contribution in [2.75, 3.05) is 40.6 Å². The first-order valence-electron chi connectivity index (χ1n) is 13.4. The fraction of sp³-hybridized carbons (Fsp3) is 0.484. The van der Waals surface area contributed by atoms with Gasteiger partial charge in [-0.3, -0.25) is 9.80 Å². The number of nitrogens with two attached hydrogens (primary N) is 1. The van der Waals surface area contributed by atoms with Crippen LogP contribution >= 0.6 is 0 Å². The topological polar surface area (TPSA) is 101 Å². The van der Waals surface area contributed by atoms with Crippen molar-refractivity contribution in [2.45, 2.75) is 57.3 Å². The molecule has 0 saturated carbocycles. The van der Waals surface area contributed by atoms with Crippen LogP contribution in [0.4, 0.5) is 0 Å². The molecule has 0 spiro atoms. The third kappa shape index (κ3) is 4.74. The smallest absolute Gasteiger partial charge is 0.186 e.